The van der Waals surface area contributed by atoms with Crippen molar-refractivity contribution in [3.8, 4) is 0 Å². The van der Waals surface area contributed by atoms with Gasteiger partial charge in [0, 0.05) is 6.54 Å². The highest BCUT2D eigenvalue weighted by Gasteiger charge is 2.06. The molecule has 0 aliphatic heterocycles. The van der Waals surface area contributed by atoms with Crippen molar-refractivity contribution in [3.63, 3.8) is 0 Å². The summed E-state index contributed by atoms with van der Waals surface area (Å²) in [6.07, 6.45) is 4.36. The Balaban J connectivity index is 3.34. The van der Waals surface area contributed by atoms with E-state index < -0.39 is 0 Å². The van der Waals surface area contributed by atoms with Crippen LogP contribution in [0.5, 0.6) is 0 Å². The van der Waals surface area contributed by atoms with Crippen molar-refractivity contribution in [1.82, 2.24) is 0 Å². The zero-order chi connectivity index (χ0) is 8.04. The molecule has 0 amide bonds. The van der Waals surface area contributed by atoms with Gasteiger partial charge in [-0.05, 0) is 18.1 Å². The van der Waals surface area contributed by atoms with E-state index >= 15 is 0 Å². The van der Waals surface area contributed by atoms with E-state index in [2.05, 4.69) is 32.7 Å². The van der Waals surface area contributed by atoms with Gasteiger partial charge in [0.1, 0.15) is 0 Å². The summed E-state index contributed by atoms with van der Waals surface area (Å²) in [7, 11) is 0. The fraction of sp³-hybridized carbons (Fsp3) is 0.889. The average molecular weight is 141 g/mol. The number of hydrogen-bond acceptors (Lipinski definition) is 1. The van der Waals surface area contributed by atoms with E-state index in [1.165, 1.54) is 6.42 Å². The molecule has 0 N–H and O–H groups in total. The Morgan fingerprint density at radius 1 is 1.30 bits per heavy atom. The lowest BCUT2D eigenvalue weighted by atomic mass is 9.97. The summed E-state index contributed by atoms with van der Waals surface area (Å²) in [5.41, 5.74) is 0.351. The molecule has 1 nitrogen and oxygen atoms in total. The zero-order valence-corrected chi connectivity index (χ0v) is 7.65. The summed E-state index contributed by atoms with van der Waals surface area (Å²) in [5.74, 6) is 0. The Labute approximate surface area is 64.6 Å². The molecule has 0 aromatic rings. The van der Waals surface area contributed by atoms with Crippen LogP contribution in [0, 0.1) is 5.41 Å². The summed E-state index contributed by atoms with van der Waals surface area (Å²) in [6.45, 7) is 9.74. The third kappa shape index (κ3) is 7.67. The lowest BCUT2D eigenvalue weighted by Gasteiger charge is -2.13. The SMILES string of the molecule is CCC/C=N/CC(C)(C)C. The highest BCUT2D eigenvalue weighted by atomic mass is 14.7. The highest BCUT2D eigenvalue weighted by molar-refractivity contribution is 5.56. The average Bonchev–Trinajstić information content (AvgIpc) is 1.78. The second-order valence-electron chi connectivity index (χ2n) is 3.87. The summed E-state index contributed by atoms with van der Waals surface area (Å²) in [4.78, 5) is 4.31. The number of hydrogen-bond donors (Lipinski definition) is 0. The number of nitrogens with zero attached hydrogens (tertiary/aromatic N) is 1. The molecule has 0 aliphatic rings. The Hall–Kier alpha value is -0.330. The number of unbranched alkanes of at least 4 members (excludes halogenated alkanes) is 1. The van der Waals surface area contributed by atoms with Crippen LogP contribution in [0.2, 0.25) is 0 Å². The van der Waals surface area contributed by atoms with Crippen LogP contribution in [-0.2, 0) is 0 Å². The molecule has 1 heteroatoms. The molecule has 0 aromatic carbocycles. The molecule has 0 unspecified atom stereocenters. The lowest BCUT2D eigenvalue weighted by Crippen LogP contribution is -2.09. The van der Waals surface area contributed by atoms with Crippen LogP contribution in [0.4, 0.5) is 0 Å². The molecule has 0 atom stereocenters. The van der Waals surface area contributed by atoms with Gasteiger partial charge in [-0.3, -0.25) is 4.99 Å². The van der Waals surface area contributed by atoms with Gasteiger partial charge < -0.3 is 0 Å². The molecule has 0 rings (SSSR count). The summed E-state index contributed by atoms with van der Waals surface area (Å²) < 4.78 is 0. The summed E-state index contributed by atoms with van der Waals surface area (Å²) in [6, 6.07) is 0. The van der Waals surface area contributed by atoms with Gasteiger partial charge in [-0.25, -0.2) is 0 Å². The maximum Gasteiger partial charge on any atom is 0.0433 e. The topological polar surface area (TPSA) is 12.4 Å². The zero-order valence-electron chi connectivity index (χ0n) is 7.65. The molecule has 0 heterocycles. The van der Waals surface area contributed by atoms with Crippen molar-refractivity contribution in [2.24, 2.45) is 10.4 Å². The maximum atomic E-state index is 4.31. The first-order valence-corrected chi connectivity index (χ1v) is 4.04. The Morgan fingerprint density at radius 2 is 1.90 bits per heavy atom. The number of rotatable bonds is 3. The molecular weight excluding hydrogens is 122 g/mol. The predicted octanol–water partition coefficient (Wildman–Crippen LogP) is 2.90. The van der Waals surface area contributed by atoms with E-state index in [-0.39, 0.29) is 0 Å². The molecule has 0 aliphatic carbocycles. The summed E-state index contributed by atoms with van der Waals surface area (Å²) >= 11 is 0. The smallest absolute Gasteiger partial charge is 0.0433 e. The Morgan fingerprint density at radius 3 is 2.30 bits per heavy atom. The van der Waals surface area contributed by atoms with Crippen LogP contribution >= 0.6 is 0 Å². The molecule has 10 heavy (non-hydrogen) atoms. The molecule has 60 valence electrons. The van der Waals surface area contributed by atoms with Gasteiger partial charge in [-0.2, -0.15) is 0 Å². The van der Waals surface area contributed by atoms with Crippen molar-refractivity contribution < 1.29 is 0 Å². The first-order valence-electron chi connectivity index (χ1n) is 4.04. The van der Waals surface area contributed by atoms with Crippen molar-refractivity contribution >= 4 is 6.21 Å². The van der Waals surface area contributed by atoms with Gasteiger partial charge in [-0.1, -0.05) is 34.1 Å². The molecular formula is C9H19N. The van der Waals surface area contributed by atoms with Crippen LogP contribution in [-0.4, -0.2) is 12.8 Å². The summed E-state index contributed by atoms with van der Waals surface area (Å²) in [5, 5.41) is 0. The van der Waals surface area contributed by atoms with Crippen molar-refractivity contribution in [2.45, 2.75) is 40.5 Å². The minimum atomic E-state index is 0.351. The van der Waals surface area contributed by atoms with Crippen molar-refractivity contribution in [1.29, 1.82) is 0 Å². The van der Waals surface area contributed by atoms with Crippen LogP contribution in [0.25, 0.3) is 0 Å². The normalized spacial score (nSPS) is 12.8. The molecule has 0 fully saturated rings. The van der Waals surface area contributed by atoms with E-state index in [9.17, 15) is 0 Å². The van der Waals surface area contributed by atoms with E-state index in [1.54, 1.807) is 0 Å². The predicted molar refractivity (Wildman–Crippen MR) is 47.7 cm³/mol. The fourth-order valence-corrected chi connectivity index (χ4v) is 0.559. The van der Waals surface area contributed by atoms with E-state index in [0.717, 1.165) is 13.0 Å². The Kier molecular flexibility index (Phi) is 4.33. The molecule has 0 saturated carbocycles. The van der Waals surface area contributed by atoms with Crippen LogP contribution in [0.15, 0.2) is 4.99 Å². The molecule has 0 bridgehead atoms. The Bertz CT molecular complexity index is 97.8. The minimum Gasteiger partial charge on any atom is -0.297 e. The standard InChI is InChI=1S/C9H19N/c1-5-6-7-10-8-9(2,3)4/h7H,5-6,8H2,1-4H3/b10-7+. The lowest BCUT2D eigenvalue weighted by molar-refractivity contribution is 0.430. The van der Waals surface area contributed by atoms with Gasteiger partial charge in [0.2, 0.25) is 0 Å². The molecule has 0 saturated heterocycles. The molecule has 0 spiro atoms. The van der Waals surface area contributed by atoms with E-state index in [0.29, 0.717) is 5.41 Å². The second-order valence-corrected chi connectivity index (χ2v) is 3.87. The molecule has 0 aromatic heterocycles. The first-order chi connectivity index (χ1) is 4.56. The van der Waals surface area contributed by atoms with E-state index in [4.69, 9.17) is 0 Å². The second kappa shape index (κ2) is 4.48. The van der Waals surface area contributed by atoms with Gasteiger partial charge >= 0.3 is 0 Å². The third-order valence-corrected chi connectivity index (χ3v) is 1.11. The van der Waals surface area contributed by atoms with Gasteiger partial charge in [0.15, 0.2) is 0 Å². The fourth-order valence-electron chi connectivity index (χ4n) is 0.559. The largest absolute Gasteiger partial charge is 0.297 e. The van der Waals surface area contributed by atoms with E-state index in [1.807, 2.05) is 6.21 Å². The van der Waals surface area contributed by atoms with Gasteiger partial charge in [0.05, 0.1) is 0 Å². The maximum absolute atomic E-state index is 4.31. The monoisotopic (exact) mass is 141 g/mol. The van der Waals surface area contributed by atoms with Crippen LogP contribution in [0.1, 0.15) is 40.5 Å². The quantitative estimate of drug-likeness (QED) is 0.536. The first kappa shape index (κ1) is 9.67. The third-order valence-electron chi connectivity index (χ3n) is 1.11. The van der Waals surface area contributed by atoms with Crippen molar-refractivity contribution in [3.05, 3.63) is 0 Å². The van der Waals surface area contributed by atoms with Crippen molar-refractivity contribution in [2.75, 3.05) is 6.54 Å². The van der Waals surface area contributed by atoms with Crippen LogP contribution in [0.3, 0.4) is 0 Å². The minimum absolute atomic E-state index is 0.351. The van der Waals surface area contributed by atoms with Gasteiger partial charge in [0.25, 0.3) is 0 Å². The molecule has 0 radical (unpaired) electrons. The number of aliphatic imine (C=N–C) groups is 1. The van der Waals surface area contributed by atoms with Crippen LogP contribution < -0.4 is 0 Å². The van der Waals surface area contributed by atoms with Gasteiger partial charge in [-0.15, -0.1) is 0 Å². The highest BCUT2D eigenvalue weighted by Crippen LogP contribution is 2.12.